The van der Waals surface area contributed by atoms with Gasteiger partial charge in [-0.25, -0.2) is 0 Å². The molecule has 0 radical (unpaired) electrons. The van der Waals surface area contributed by atoms with E-state index < -0.39 is 0 Å². The fourth-order valence-corrected chi connectivity index (χ4v) is 2.73. The molecule has 0 aromatic heterocycles. The van der Waals surface area contributed by atoms with Crippen LogP contribution in [0.3, 0.4) is 0 Å². The van der Waals surface area contributed by atoms with Crippen LogP contribution in [0.2, 0.25) is 0 Å². The third kappa shape index (κ3) is 3.51. The summed E-state index contributed by atoms with van der Waals surface area (Å²) in [6.07, 6.45) is 0.493. The summed E-state index contributed by atoms with van der Waals surface area (Å²) in [5.41, 5.74) is 2.45. The maximum atomic E-state index is 11.8. The van der Waals surface area contributed by atoms with Gasteiger partial charge in [-0.05, 0) is 31.5 Å². The van der Waals surface area contributed by atoms with Crippen molar-refractivity contribution in [1.82, 2.24) is 4.90 Å². The quantitative estimate of drug-likeness (QED) is 0.859. The first-order chi connectivity index (χ1) is 9.63. The largest absolute Gasteiger partial charge is 0.396 e. The van der Waals surface area contributed by atoms with E-state index in [1.807, 2.05) is 4.90 Å². The van der Waals surface area contributed by atoms with Gasteiger partial charge in [0.05, 0.1) is 0 Å². The van der Waals surface area contributed by atoms with Crippen LogP contribution >= 0.6 is 0 Å². The molecule has 20 heavy (non-hydrogen) atoms. The number of aryl methyl sites for hydroxylation is 1. The number of nitrogens with zero attached hydrogens (tertiary/aromatic N) is 2. The molecule has 1 aromatic rings. The van der Waals surface area contributed by atoms with Crippen LogP contribution in [0.15, 0.2) is 24.3 Å². The number of amides is 1. The Balaban J connectivity index is 1.93. The van der Waals surface area contributed by atoms with Crippen LogP contribution in [0.25, 0.3) is 0 Å². The molecule has 4 nitrogen and oxygen atoms in total. The number of carbonyl (C=O) groups excluding carboxylic acids is 1. The van der Waals surface area contributed by atoms with E-state index in [2.05, 4.69) is 43.0 Å². The number of carbonyl (C=O) groups is 1. The zero-order valence-electron chi connectivity index (χ0n) is 12.4. The summed E-state index contributed by atoms with van der Waals surface area (Å²) in [5, 5.41) is 9.14. The Kier molecular flexibility index (Phi) is 5.01. The smallest absolute Gasteiger partial charge is 0.223 e. The van der Waals surface area contributed by atoms with Crippen LogP contribution in [-0.2, 0) is 4.79 Å². The maximum Gasteiger partial charge on any atom is 0.223 e. The van der Waals surface area contributed by atoms with E-state index in [1.165, 1.54) is 11.3 Å². The summed E-state index contributed by atoms with van der Waals surface area (Å²) >= 11 is 0. The van der Waals surface area contributed by atoms with E-state index in [4.69, 9.17) is 5.11 Å². The van der Waals surface area contributed by atoms with Crippen LogP contribution in [0.5, 0.6) is 0 Å². The molecule has 1 amide bonds. The molecule has 1 unspecified atom stereocenters. The van der Waals surface area contributed by atoms with Crippen molar-refractivity contribution in [1.29, 1.82) is 0 Å². The number of anilines is 1. The van der Waals surface area contributed by atoms with Crippen molar-refractivity contribution in [2.75, 3.05) is 37.7 Å². The van der Waals surface area contributed by atoms with Gasteiger partial charge in [-0.15, -0.1) is 0 Å². The first-order valence-electron chi connectivity index (χ1n) is 7.34. The lowest BCUT2D eigenvalue weighted by molar-refractivity contribution is -0.127. The fourth-order valence-electron chi connectivity index (χ4n) is 2.73. The Morgan fingerprint density at radius 2 is 2.25 bits per heavy atom. The Morgan fingerprint density at radius 3 is 2.85 bits per heavy atom. The van der Waals surface area contributed by atoms with Crippen molar-refractivity contribution in [3.8, 4) is 0 Å². The number of benzene rings is 1. The summed E-state index contributed by atoms with van der Waals surface area (Å²) < 4.78 is 0. The lowest BCUT2D eigenvalue weighted by Crippen LogP contribution is -2.36. The van der Waals surface area contributed by atoms with Gasteiger partial charge in [0.2, 0.25) is 5.91 Å². The number of rotatable bonds is 6. The molecule has 2 rings (SSSR count). The van der Waals surface area contributed by atoms with Crippen LogP contribution < -0.4 is 4.90 Å². The molecule has 0 spiro atoms. The second kappa shape index (κ2) is 6.75. The third-order valence-electron chi connectivity index (χ3n) is 3.94. The third-order valence-corrected chi connectivity index (χ3v) is 3.94. The second-order valence-electron chi connectivity index (χ2n) is 5.51. The summed E-state index contributed by atoms with van der Waals surface area (Å²) in [6.45, 7) is 7.52. The zero-order valence-corrected chi connectivity index (χ0v) is 12.4. The fraction of sp³-hybridized carbons (Fsp3) is 0.562. The topological polar surface area (TPSA) is 43.8 Å². The molecule has 0 saturated carbocycles. The Bertz CT molecular complexity index is 462. The molecule has 1 aromatic carbocycles. The predicted octanol–water partition coefficient (Wildman–Crippen LogP) is 1.66. The first kappa shape index (κ1) is 14.9. The molecule has 1 aliphatic heterocycles. The van der Waals surface area contributed by atoms with Crippen LogP contribution in [0.4, 0.5) is 5.69 Å². The van der Waals surface area contributed by atoms with Gasteiger partial charge in [0, 0.05) is 50.8 Å². The first-order valence-corrected chi connectivity index (χ1v) is 7.34. The van der Waals surface area contributed by atoms with E-state index in [0.717, 1.165) is 19.6 Å². The summed E-state index contributed by atoms with van der Waals surface area (Å²) in [6, 6.07) is 8.44. The van der Waals surface area contributed by atoms with Crippen molar-refractivity contribution in [3.63, 3.8) is 0 Å². The molecule has 1 fully saturated rings. The number of likely N-dealkylation sites (tertiary alicyclic amines) is 1. The van der Waals surface area contributed by atoms with E-state index in [9.17, 15) is 4.79 Å². The highest BCUT2D eigenvalue weighted by molar-refractivity contribution is 5.78. The van der Waals surface area contributed by atoms with E-state index in [0.29, 0.717) is 13.0 Å². The minimum absolute atomic E-state index is 0.109. The lowest BCUT2D eigenvalue weighted by atomic mass is 10.1. The molecular weight excluding hydrogens is 252 g/mol. The maximum absolute atomic E-state index is 11.8. The molecule has 1 atom stereocenters. The van der Waals surface area contributed by atoms with Gasteiger partial charge >= 0.3 is 0 Å². The van der Waals surface area contributed by atoms with Crippen molar-refractivity contribution < 1.29 is 9.90 Å². The standard InChI is InChI=1S/C16H24N2O2/c1-3-17(15-6-4-5-13(2)9-15)7-8-18-11-14(12-19)10-16(18)20/h4-6,9,14,19H,3,7-8,10-12H2,1-2H3. The van der Waals surface area contributed by atoms with Crippen molar-refractivity contribution in [2.24, 2.45) is 5.92 Å². The number of aliphatic hydroxyl groups excluding tert-OH is 1. The number of likely N-dealkylation sites (N-methyl/N-ethyl adjacent to an activating group) is 1. The number of aliphatic hydroxyl groups is 1. The number of hydrogen-bond acceptors (Lipinski definition) is 3. The average Bonchev–Trinajstić information content (AvgIpc) is 2.80. The SMILES string of the molecule is CCN(CCN1CC(CO)CC1=O)c1cccc(C)c1. The van der Waals surface area contributed by atoms with E-state index >= 15 is 0 Å². The van der Waals surface area contributed by atoms with Gasteiger partial charge in [0.25, 0.3) is 0 Å². The van der Waals surface area contributed by atoms with Gasteiger partial charge in [-0.2, -0.15) is 0 Å². The summed E-state index contributed by atoms with van der Waals surface area (Å²) in [5.74, 6) is 0.292. The molecule has 110 valence electrons. The van der Waals surface area contributed by atoms with Crippen LogP contribution in [-0.4, -0.2) is 48.7 Å². The predicted molar refractivity (Wildman–Crippen MR) is 80.8 cm³/mol. The minimum Gasteiger partial charge on any atom is -0.396 e. The molecule has 1 aliphatic rings. The van der Waals surface area contributed by atoms with Gasteiger partial charge in [-0.3, -0.25) is 4.79 Å². The molecule has 1 N–H and O–H groups in total. The molecule has 4 heteroatoms. The Hall–Kier alpha value is -1.55. The molecule has 1 saturated heterocycles. The summed E-state index contributed by atoms with van der Waals surface area (Å²) in [4.78, 5) is 16.0. The van der Waals surface area contributed by atoms with Crippen molar-refractivity contribution >= 4 is 11.6 Å². The molecule has 0 aliphatic carbocycles. The second-order valence-corrected chi connectivity index (χ2v) is 5.51. The zero-order chi connectivity index (χ0) is 14.5. The highest BCUT2D eigenvalue weighted by Crippen LogP contribution is 2.19. The lowest BCUT2D eigenvalue weighted by Gasteiger charge is -2.26. The van der Waals surface area contributed by atoms with Crippen molar-refractivity contribution in [2.45, 2.75) is 20.3 Å². The van der Waals surface area contributed by atoms with Crippen molar-refractivity contribution in [3.05, 3.63) is 29.8 Å². The molecular formula is C16H24N2O2. The number of hydrogen-bond donors (Lipinski definition) is 1. The average molecular weight is 276 g/mol. The molecule has 1 heterocycles. The van der Waals surface area contributed by atoms with E-state index in [1.54, 1.807) is 0 Å². The van der Waals surface area contributed by atoms with E-state index in [-0.39, 0.29) is 18.4 Å². The Labute approximate surface area is 121 Å². The van der Waals surface area contributed by atoms with Gasteiger partial charge in [0.15, 0.2) is 0 Å². The summed E-state index contributed by atoms with van der Waals surface area (Å²) in [7, 11) is 0. The van der Waals surface area contributed by atoms with Gasteiger partial charge < -0.3 is 14.9 Å². The van der Waals surface area contributed by atoms with Crippen LogP contribution in [0, 0.1) is 12.8 Å². The van der Waals surface area contributed by atoms with Gasteiger partial charge in [0.1, 0.15) is 0 Å². The normalized spacial score (nSPS) is 18.6. The Morgan fingerprint density at radius 1 is 1.45 bits per heavy atom. The van der Waals surface area contributed by atoms with Crippen LogP contribution in [0.1, 0.15) is 18.9 Å². The molecule has 0 bridgehead atoms. The highest BCUT2D eigenvalue weighted by atomic mass is 16.3. The van der Waals surface area contributed by atoms with Gasteiger partial charge in [-0.1, -0.05) is 12.1 Å². The highest BCUT2D eigenvalue weighted by Gasteiger charge is 2.28. The monoisotopic (exact) mass is 276 g/mol. The minimum atomic E-state index is 0.109.